The van der Waals surface area contributed by atoms with E-state index >= 15 is 0 Å². The van der Waals surface area contributed by atoms with E-state index in [2.05, 4.69) is 20.9 Å². The van der Waals surface area contributed by atoms with E-state index in [1.54, 1.807) is 7.11 Å². The number of nitrogen functional groups attached to an aromatic ring is 1. The van der Waals surface area contributed by atoms with E-state index in [1.165, 1.54) is 0 Å². The number of H-pyrrole nitrogens is 1. The Morgan fingerprint density at radius 1 is 1.57 bits per heavy atom. The molecule has 14 heavy (non-hydrogen) atoms. The Balaban J connectivity index is 2.64. The maximum absolute atomic E-state index is 11.4. The van der Waals surface area contributed by atoms with Gasteiger partial charge in [0.2, 0.25) is 0 Å². The van der Waals surface area contributed by atoms with E-state index < -0.39 is 0 Å². The zero-order valence-electron chi connectivity index (χ0n) is 7.76. The van der Waals surface area contributed by atoms with E-state index in [0.29, 0.717) is 16.1 Å². The number of nitrogens with two attached hydrogens (primary N) is 1. The Hall–Kier alpha value is -0.970. The Bertz CT molecular complexity index is 424. The first kappa shape index (κ1) is 9.58. The van der Waals surface area contributed by atoms with Crippen LogP contribution in [0.5, 0.6) is 5.75 Å². The molecule has 0 spiro atoms. The van der Waals surface area contributed by atoms with Crippen molar-refractivity contribution < 1.29 is 4.74 Å². The van der Waals surface area contributed by atoms with E-state index in [0.717, 1.165) is 18.5 Å². The van der Waals surface area contributed by atoms with Crippen LogP contribution in [0.25, 0.3) is 0 Å². The summed E-state index contributed by atoms with van der Waals surface area (Å²) in [6, 6.07) is 0. The molecule has 0 radical (unpaired) electrons. The Kier molecular flexibility index (Phi) is 2.26. The van der Waals surface area contributed by atoms with E-state index in [1.807, 2.05) is 0 Å². The topological polar surface area (TPSA) is 68.1 Å². The van der Waals surface area contributed by atoms with Gasteiger partial charge in [0, 0.05) is 5.92 Å². The smallest absolute Gasteiger partial charge is 0.272 e. The summed E-state index contributed by atoms with van der Waals surface area (Å²) in [5.41, 5.74) is 6.36. The van der Waals surface area contributed by atoms with Gasteiger partial charge in [-0.1, -0.05) is 0 Å². The molecule has 3 N–H and O–H groups in total. The summed E-state index contributed by atoms with van der Waals surface area (Å²) >= 11 is 3.27. The number of halogens is 1. The predicted molar refractivity (Wildman–Crippen MR) is 57.7 cm³/mol. The van der Waals surface area contributed by atoms with Crippen LogP contribution in [0.2, 0.25) is 0 Å². The van der Waals surface area contributed by atoms with Crippen LogP contribution in [0.1, 0.15) is 24.5 Å². The summed E-state index contributed by atoms with van der Waals surface area (Å²) in [7, 11) is 1.57. The van der Waals surface area contributed by atoms with Crippen LogP contribution in [-0.2, 0) is 0 Å². The molecule has 2 rings (SSSR count). The monoisotopic (exact) mass is 258 g/mol. The molecule has 0 aromatic carbocycles. The lowest BCUT2D eigenvalue weighted by Gasteiger charge is -2.10. The van der Waals surface area contributed by atoms with E-state index in [-0.39, 0.29) is 11.2 Å². The standard InChI is InChI=1S/C9H11BrN2O2/c1-14-8-5(10)6(11)9(13)12-7(8)4-2-3-4/h4H,2-3,11H2,1H3,(H,12,13). The number of hydrogen-bond donors (Lipinski definition) is 2. The van der Waals surface area contributed by atoms with Crippen molar-refractivity contribution in [3.05, 3.63) is 20.5 Å². The minimum atomic E-state index is -0.250. The molecule has 1 heterocycles. The van der Waals surface area contributed by atoms with Crippen LogP contribution < -0.4 is 16.0 Å². The van der Waals surface area contributed by atoms with Crippen LogP contribution in [0.4, 0.5) is 5.69 Å². The fourth-order valence-corrected chi connectivity index (χ4v) is 2.00. The lowest BCUT2D eigenvalue weighted by atomic mass is 10.2. The molecule has 0 atom stereocenters. The molecule has 1 aromatic rings. The first-order valence-corrected chi connectivity index (χ1v) is 5.19. The molecule has 1 fully saturated rings. The lowest BCUT2D eigenvalue weighted by molar-refractivity contribution is 0.404. The number of aromatic nitrogens is 1. The summed E-state index contributed by atoms with van der Waals surface area (Å²) in [5.74, 6) is 1.08. The summed E-state index contributed by atoms with van der Waals surface area (Å²) < 4.78 is 5.78. The molecule has 1 aliphatic rings. The highest BCUT2D eigenvalue weighted by molar-refractivity contribution is 9.10. The molecule has 4 nitrogen and oxygen atoms in total. The van der Waals surface area contributed by atoms with Crippen molar-refractivity contribution in [1.29, 1.82) is 0 Å². The number of methoxy groups -OCH3 is 1. The van der Waals surface area contributed by atoms with Crippen molar-refractivity contribution in [3.63, 3.8) is 0 Å². The number of anilines is 1. The summed E-state index contributed by atoms with van der Waals surface area (Å²) in [6.07, 6.45) is 2.20. The van der Waals surface area contributed by atoms with Gasteiger partial charge in [-0.25, -0.2) is 0 Å². The van der Waals surface area contributed by atoms with Crippen LogP contribution in [0.3, 0.4) is 0 Å². The number of nitrogens with one attached hydrogen (secondary N) is 1. The molecule has 76 valence electrons. The molecule has 0 aliphatic heterocycles. The number of aromatic amines is 1. The van der Waals surface area contributed by atoms with Gasteiger partial charge in [0.25, 0.3) is 5.56 Å². The van der Waals surface area contributed by atoms with Gasteiger partial charge in [-0.3, -0.25) is 4.79 Å². The maximum Gasteiger partial charge on any atom is 0.272 e. The third kappa shape index (κ3) is 1.41. The first-order valence-electron chi connectivity index (χ1n) is 4.40. The second-order valence-electron chi connectivity index (χ2n) is 3.40. The van der Waals surface area contributed by atoms with Crippen LogP contribution in [0.15, 0.2) is 9.27 Å². The Morgan fingerprint density at radius 3 is 2.71 bits per heavy atom. The molecule has 1 saturated carbocycles. The molecule has 5 heteroatoms. The third-order valence-corrected chi connectivity index (χ3v) is 3.15. The molecule has 0 bridgehead atoms. The predicted octanol–water partition coefficient (Wildman–Crippen LogP) is 1.61. The molecule has 1 aromatic heterocycles. The van der Waals surface area contributed by atoms with Crippen LogP contribution in [0, 0.1) is 0 Å². The van der Waals surface area contributed by atoms with Gasteiger partial charge in [0.05, 0.1) is 17.3 Å². The van der Waals surface area contributed by atoms with Gasteiger partial charge < -0.3 is 15.5 Å². The highest BCUT2D eigenvalue weighted by Crippen LogP contribution is 2.45. The Morgan fingerprint density at radius 2 is 2.21 bits per heavy atom. The fourth-order valence-electron chi connectivity index (χ4n) is 1.45. The van der Waals surface area contributed by atoms with Crippen molar-refractivity contribution in [1.82, 2.24) is 4.98 Å². The molecule has 0 unspecified atom stereocenters. The molecular formula is C9H11BrN2O2. The highest BCUT2D eigenvalue weighted by Gasteiger charge is 2.29. The second kappa shape index (κ2) is 3.31. The van der Waals surface area contributed by atoms with Crippen LogP contribution >= 0.6 is 15.9 Å². The van der Waals surface area contributed by atoms with Crippen molar-refractivity contribution in [2.75, 3.05) is 12.8 Å². The van der Waals surface area contributed by atoms with Gasteiger partial charge in [-0.05, 0) is 28.8 Å². The van der Waals surface area contributed by atoms with E-state index in [4.69, 9.17) is 10.5 Å². The Labute approximate surface area is 89.6 Å². The van der Waals surface area contributed by atoms with Gasteiger partial charge in [-0.2, -0.15) is 0 Å². The number of ether oxygens (including phenoxy) is 1. The normalized spacial score (nSPS) is 15.6. The molecule has 0 amide bonds. The average Bonchev–Trinajstić information content (AvgIpc) is 2.97. The van der Waals surface area contributed by atoms with Crippen molar-refractivity contribution >= 4 is 21.6 Å². The maximum atomic E-state index is 11.4. The number of rotatable bonds is 2. The van der Waals surface area contributed by atoms with Crippen LogP contribution in [-0.4, -0.2) is 12.1 Å². The minimum Gasteiger partial charge on any atom is -0.494 e. The van der Waals surface area contributed by atoms with Gasteiger partial charge >= 0.3 is 0 Å². The largest absolute Gasteiger partial charge is 0.494 e. The van der Waals surface area contributed by atoms with Gasteiger partial charge in [-0.15, -0.1) is 0 Å². The highest BCUT2D eigenvalue weighted by atomic mass is 79.9. The molecule has 0 saturated heterocycles. The summed E-state index contributed by atoms with van der Waals surface area (Å²) in [4.78, 5) is 14.2. The zero-order valence-corrected chi connectivity index (χ0v) is 9.35. The SMILES string of the molecule is COc1c(C2CC2)[nH]c(=O)c(N)c1Br. The first-order chi connectivity index (χ1) is 6.65. The third-order valence-electron chi connectivity index (χ3n) is 2.36. The minimum absolute atomic E-state index is 0.172. The summed E-state index contributed by atoms with van der Waals surface area (Å²) in [6.45, 7) is 0. The molecular weight excluding hydrogens is 248 g/mol. The molecule has 1 aliphatic carbocycles. The average molecular weight is 259 g/mol. The van der Waals surface area contributed by atoms with E-state index in [9.17, 15) is 4.79 Å². The fraction of sp³-hybridized carbons (Fsp3) is 0.444. The quantitative estimate of drug-likeness (QED) is 0.847. The number of hydrogen-bond acceptors (Lipinski definition) is 3. The lowest BCUT2D eigenvalue weighted by Crippen LogP contribution is -2.15. The van der Waals surface area contributed by atoms with Gasteiger partial charge in [0.15, 0.2) is 5.75 Å². The summed E-state index contributed by atoms with van der Waals surface area (Å²) in [5, 5.41) is 0. The van der Waals surface area contributed by atoms with Crippen molar-refractivity contribution in [2.45, 2.75) is 18.8 Å². The zero-order chi connectivity index (χ0) is 10.3. The van der Waals surface area contributed by atoms with Crippen molar-refractivity contribution in [3.8, 4) is 5.75 Å². The van der Waals surface area contributed by atoms with Crippen molar-refractivity contribution in [2.24, 2.45) is 0 Å². The number of pyridine rings is 1. The second-order valence-corrected chi connectivity index (χ2v) is 4.20. The van der Waals surface area contributed by atoms with Gasteiger partial charge in [0.1, 0.15) is 5.69 Å².